The highest BCUT2D eigenvalue weighted by Crippen LogP contribution is 2.32. The molecule has 1 amide bonds. The highest BCUT2D eigenvalue weighted by atomic mass is 32.1. The van der Waals surface area contributed by atoms with E-state index in [2.05, 4.69) is 4.98 Å². The van der Waals surface area contributed by atoms with Gasteiger partial charge in [0.1, 0.15) is 0 Å². The number of benzene rings is 1. The number of hydrogen-bond donors (Lipinski definition) is 0. The first kappa shape index (κ1) is 13.1. The Morgan fingerprint density at radius 3 is 3.05 bits per heavy atom. The molecule has 0 radical (unpaired) electrons. The number of anilines is 1. The second kappa shape index (κ2) is 5.20. The van der Waals surface area contributed by atoms with Gasteiger partial charge < -0.3 is 4.74 Å². The Labute approximate surface area is 120 Å². The number of fused-ring (bicyclic) bond motifs is 1. The fourth-order valence-corrected chi connectivity index (χ4v) is 3.28. The summed E-state index contributed by atoms with van der Waals surface area (Å²) in [6, 6.07) is 7.75. The smallest absolute Gasteiger partial charge is 0.311 e. The van der Waals surface area contributed by atoms with Crippen LogP contribution in [0.25, 0.3) is 10.2 Å². The van der Waals surface area contributed by atoms with Gasteiger partial charge in [-0.25, -0.2) is 4.98 Å². The summed E-state index contributed by atoms with van der Waals surface area (Å²) in [7, 11) is 0. The van der Waals surface area contributed by atoms with E-state index in [9.17, 15) is 9.59 Å². The van der Waals surface area contributed by atoms with Gasteiger partial charge in [0.05, 0.1) is 22.7 Å². The van der Waals surface area contributed by atoms with Crippen molar-refractivity contribution in [1.82, 2.24) is 4.98 Å². The minimum atomic E-state index is -0.380. The molecule has 2 aromatic rings. The van der Waals surface area contributed by atoms with E-state index in [0.29, 0.717) is 18.3 Å². The summed E-state index contributed by atoms with van der Waals surface area (Å²) in [6.07, 6.45) is 0.203. The van der Waals surface area contributed by atoms with Gasteiger partial charge in [0.2, 0.25) is 5.91 Å². The van der Waals surface area contributed by atoms with Gasteiger partial charge in [-0.05, 0) is 19.1 Å². The molecule has 104 valence electrons. The van der Waals surface area contributed by atoms with E-state index in [-0.39, 0.29) is 24.2 Å². The van der Waals surface area contributed by atoms with Crippen LogP contribution in [0, 0.1) is 5.92 Å². The van der Waals surface area contributed by atoms with E-state index in [4.69, 9.17) is 4.74 Å². The van der Waals surface area contributed by atoms with Crippen molar-refractivity contribution in [1.29, 1.82) is 0 Å². The molecule has 0 bridgehead atoms. The zero-order valence-corrected chi connectivity index (χ0v) is 11.9. The third kappa shape index (κ3) is 2.27. The van der Waals surface area contributed by atoms with Gasteiger partial charge in [0.15, 0.2) is 5.13 Å². The first-order chi connectivity index (χ1) is 9.69. The zero-order chi connectivity index (χ0) is 14.1. The molecule has 5 nitrogen and oxygen atoms in total. The van der Waals surface area contributed by atoms with Crippen LogP contribution in [0.2, 0.25) is 0 Å². The molecule has 1 aromatic heterocycles. The number of ether oxygens (including phenoxy) is 1. The molecule has 20 heavy (non-hydrogen) atoms. The van der Waals surface area contributed by atoms with E-state index in [1.807, 2.05) is 24.3 Å². The topological polar surface area (TPSA) is 59.5 Å². The predicted octanol–water partition coefficient (Wildman–Crippen LogP) is 2.21. The lowest BCUT2D eigenvalue weighted by Gasteiger charge is -2.12. The van der Waals surface area contributed by atoms with E-state index in [1.165, 1.54) is 11.3 Å². The Morgan fingerprint density at radius 1 is 1.50 bits per heavy atom. The van der Waals surface area contributed by atoms with Crippen molar-refractivity contribution in [2.24, 2.45) is 5.92 Å². The van der Waals surface area contributed by atoms with Crippen molar-refractivity contribution in [2.75, 3.05) is 18.1 Å². The zero-order valence-electron chi connectivity index (χ0n) is 11.0. The van der Waals surface area contributed by atoms with Gasteiger partial charge in [-0.15, -0.1) is 0 Å². The quantitative estimate of drug-likeness (QED) is 0.813. The van der Waals surface area contributed by atoms with Crippen LogP contribution in [0.1, 0.15) is 13.3 Å². The van der Waals surface area contributed by atoms with E-state index >= 15 is 0 Å². The molecule has 3 rings (SSSR count). The molecule has 0 N–H and O–H groups in total. The Hall–Kier alpha value is -1.95. The van der Waals surface area contributed by atoms with Crippen LogP contribution in [0.5, 0.6) is 0 Å². The summed E-state index contributed by atoms with van der Waals surface area (Å²) >= 11 is 1.47. The predicted molar refractivity (Wildman–Crippen MR) is 76.7 cm³/mol. The number of aromatic nitrogens is 1. The normalized spacial score (nSPS) is 18.8. The van der Waals surface area contributed by atoms with Crippen LogP contribution in [0.4, 0.5) is 5.13 Å². The minimum Gasteiger partial charge on any atom is -0.466 e. The maximum absolute atomic E-state index is 12.1. The van der Waals surface area contributed by atoms with E-state index in [1.54, 1.807) is 11.8 Å². The molecule has 1 aromatic carbocycles. The maximum Gasteiger partial charge on any atom is 0.311 e. The summed E-state index contributed by atoms with van der Waals surface area (Å²) in [5, 5.41) is 0.656. The molecule has 0 spiro atoms. The molecule has 1 aliphatic rings. The van der Waals surface area contributed by atoms with Crippen LogP contribution in [0.15, 0.2) is 24.3 Å². The number of amides is 1. The second-order valence-corrected chi connectivity index (χ2v) is 5.63. The van der Waals surface area contributed by atoms with Crippen LogP contribution < -0.4 is 4.90 Å². The average molecular weight is 290 g/mol. The molecule has 1 aliphatic heterocycles. The van der Waals surface area contributed by atoms with Crippen molar-refractivity contribution in [3.05, 3.63) is 24.3 Å². The molecule has 1 atom stereocenters. The third-order valence-electron chi connectivity index (χ3n) is 3.26. The molecule has 0 saturated carbocycles. The number of nitrogens with zero attached hydrogens (tertiary/aromatic N) is 2. The standard InChI is InChI=1S/C14H14N2O3S/c1-2-19-13(18)9-7-12(17)16(8-9)14-15-10-5-3-4-6-11(10)20-14/h3-6,9H,2,7-8H2,1H3/t9-/m0/s1. The first-order valence-electron chi connectivity index (χ1n) is 6.51. The summed E-state index contributed by atoms with van der Waals surface area (Å²) in [6.45, 7) is 2.46. The molecule has 1 fully saturated rings. The average Bonchev–Trinajstić information content (AvgIpc) is 3.01. The Bertz CT molecular complexity index is 634. The lowest BCUT2D eigenvalue weighted by molar-refractivity contribution is -0.147. The molecule has 6 heteroatoms. The lowest BCUT2D eigenvalue weighted by Crippen LogP contribution is -2.26. The van der Waals surface area contributed by atoms with Crippen molar-refractivity contribution in [3.63, 3.8) is 0 Å². The van der Waals surface area contributed by atoms with Gasteiger partial charge in [0, 0.05) is 13.0 Å². The first-order valence-corrected chi connectivity index (χ1v) is 7.33. The van der Waals surface area contributed by atoms with Crippen molar-refractivity contribution < 1.29 is 14.3 Å². The van der Waals surface area contributed by atoms with E-state index in [0.717, 1.165) is 10.2 Å². The number of carbonyl (C=O) groups is 2. The maximum atomic E-state index is 12.1. The number of thiazole rings is 1. The molecule has 2 heterocycles. The van der Waals surface area contributed by atoms with Crippen molar-refractivity contribution in [3.8, 4) is 0 Å². The molecule has 1 saturated heterocycles. The van der Waals surface area contributed by atoms with E-state index < -0.39 is 0 Å². The van der Waals surface area contributed by atoms with Gasteiger partial charge in [-0.3, -0.25) is 14.5 Å². The molecule has 0 unspecified atom stereocenters. The van der Waals surface area contributed by atoms with Crippen LogP contribution in [-0.4, -0.2) is 30.0 Å². The minimum absolute atomic E-state index is 0.0675. The van der Waals surface area contributed by atoms with Gasteiger partial charge in [-0.2, -0.15) is 0 Å². The number of hydrogen-bond acceptors (Lipinski definition) is 5. The number of esters is 1. The number of para-hydroxylation sites is 1. The fraction of sp³-hybridized carbons (Fsp3) is 0.357. The Morgan fingerprint density at radius 2 is 2.30 bits per heavy atom. The van der Waals surface area contributed by atoms with Crippen molar-refractivity contribution in [2.45, 2.75) is 13.3 Å². The SMILES string of the molecule is CCOC(=O)[C@H]1CC(=O)N(c2nc3ccccc3s2)C1. The van der Waals surface area contributed by atoms with Gasteiger partial charge >= 0.3 is 5.97 Å². The summed E-state index contributed by atoms with van der Waals surface area (Å²) < 4.78 is 6.02. The Kier molecular flexibility index (Phi) is 3.40. The van der Waals surface area contributed by atoms with Crippen molar-refractivity contribution >= 4 is 38.6 Å². The summed E-state index contributed by atoms with van der Waals surface area (Å²) in [5.41, 5.74) is 0.875. The van der Waals surface area contributed by atoms with Crippen LogP contribution in [0.3, 0.4) is 0 Å². The molecular formula is C14H14N2O3S. The largest absolute Gasteiger partial charge is 0.466 e. The monoisotopic (exact) mass is 290 g/mol. The summed E-state index contributed by atoms with van der Waals surface area (Å²) in [4.78, 5) is 29.8. The molecular weight excluding hydrogens is 276 g/mol. The number of carbonyl (C=O) groups excluding carboxylic acids is 2. The van der Waals surface area contributed by atoms with Gasteiger partial charge in [-0.1, -0.05) is 23.5 Å². The summed E-state index contributed by atoms with van der Waals surface area (Å²) in [5.74, 6) is -0.749. The molecule has 0 aliphatic carbocycles. The Balaban J connectivity index is 1.83. The van der Waals surface area contributed by atoms with Gasteiger partial charge in [0.25, 0.3) is 0 Å². The number of rotatable bonds is 3. The third-order valence-corrected chi connectivity index (χ3v) is 4.32. The van der Waals surface area contributed by atoms with Crippen LogP contribution >= 0.6 is 11.3 Å². The second-order valence-electron chi connectivity index (χ2n) is 4.62. The highest BCUT2D eigenvalue weighted by Gasteiger charge is 2.37. The lowest BCUT2D eigenvalue weighted by atomic mass is 10.1. The highest BCUT2D eigenvalue weighted by molar-refractivity contribution is 7.22. The fourth-order valence-electron chi connectivity index (χ4n) is 2.29. The van der Waals surface area contributed by atoms with Crippen LogP contribution in [-0.2, 0) is 14.3 Å².